The molecule has 3 rings (SSSR count). The monoisotopic (exact) mass is 300 g/mol. The van der Waals surface area contributed by atoms with E-state index in [1.807, 2.05) is 6.20 Å². The third-order valence-corrected chi connectivity index (χ3v) is 6.34. The Morgan fingerprint density at radius 2 is 1.86 bits per heavy atom. The number of nitrogens with one attached hydrogen (secondary N) is 1. The molecular weight excluding hydrogens is 268 g/mol. The summed E-state index contributed by atoms with van der Waals surface area (Å²) in [6.45, 7) is 7.24. The molecule has 1 N–H and O–H groups in total. The lowest BCUT2D eigenvalue weighted by Gasteiger charge is -2.39. The molecule has 0 saturated heterocycles. The van der Waals surface area contributed by atoms with Gasteiger partial charge >= 0.3 is 0 Å². The smallest absolute Gasteiger partial charge is 0.0456 e. The summed E-state index contributed by atoms with van der Waals surface area (Å²) >= 11 is 0. The Bertz CT molecular complexity index is 498. The molecule has 0 spiro atoms. The Kier molecular flexibility index (Phi) is 4.75. The number of anilines is 1. The Hall–Kier alpha value is -1.05. The standard InChI is InChI=1S/C20H32N2/c1-4-20(2,3)15-9-11-16(12-10-15)22-19-13-14-21-18-8-6-5-7-17(18)19/h13-16H,4-12H2,1-3H3,(H,21,22). The Morgan fingerprint density at radius 1 is 1.14 bits per heavy atom. The second-order valence-corrected chi connectivity index (χ2v) is 8.03. The molecule has 0 atom stereocenters. The highest BCUT2D eigenvalue weighted by Crippen LogP contribution is 2.41. The van der Waals surface area contributed by atoms with E-state index in [1.54, 1.807) is 0 Å². The van der Waals surface area contributed by atoms with E-state index in [0.29, 0.717) is 11.5 Å². The Labute approximate surface area is 136 Å². The molecule has 1 aromatic rings. The zero-order valence-electron chi connectivity index (χ0n) is 14.6. The fourth-order valence-electron chi connectivity index (χ4n) is 4.29. The maximum atomic E-state index is 4.59. The van der Waals surface area contributed by atoms with Gasteiger partial charge in [-0.2, -0.15) is 0 Å². The molecule has 0 bridgehead atoms. The maximum absolute atomic E-state index is 4.59. The third-order valence-electron chi connectivity index (χ3n) is 6.34. The third kappa shape index (κ3) is 3.31. The van der Waals surface area contributed by atoms with Gasteiger partial charge < -0.3 is 5.32 Å². The number of aryl methyl sites for hydroxylation is 1. The van der Waals surface area contributed by atoms with E-state index in [2.05, 4.69) is 37.1 Å². The fraction of sp³-hybridized carbons (Fsp3) is 0.750. The van der Waals surface area contributed by atoms with Crippen LogP contribution in [0.2, 0.25) is 0 Å². The molecular formula is C20H32N2. The van der Waals surface area contributed by atoms with Crippen molar-refractivity contribution < 1.29 is 0 Å². The molecule has 2 heteroatoms. The number of rotatable bonds is 4. The Balaban J connectivity index is 1.62. The van der Waals surface area contributed by atoms with Gasteiger partial charge in [0.05, 0.1) is 0 Å². The summed E-state index contributed by atoms with van der Waals surface area (Å²) in [5, 5.41) is 3.86. The second kappa shape index (κ2) is 6.60. The van der Waals surface area contributed by atoms with Crippen LogP contribution in [0.4, 0.5) is 5.69 Å². The van der Waals surface area contributed by atoms with E-state index in [1.165, 1.54) is 74.7 Å². The molecule has 2 nitrogen and oxygen atoms in total. The van der Waals surface area contributed by atoms with Gasteiger partial charge in [0.15, 0.2) is 0 Å². The topological polar surface area (TPSA) is 24.9 Å². The molecule has 1 aromatic heterocycles. The van der Waals surface area contributed by atoms with Gasteiger partial charge in [-0.05, 0) is 74.3 Å². The van der Waals surface area contributed by atoms with E-state index in [0.717, 1.165) is 5.92 Å². The summed E-state index contributed by atoms with van der Waals surface area (Å²) < 4.78 is 0. The summed E-state index contributed by atoms with van der Waals surface area (Å²) in [4.78, 5) is 4.59. The predicted octanol–water partition coefficient (Wildman–Crippen LogP) is 5.37. The molecule has 0 aromatic carbocycles. The van der Waals surface area contributed by atoms with Crippen molar-refractivity contribution in [2.24, 2.45) is 11.3 Å². The average Bonchev–Trinajstić information content (AvgIpc) is 2.56. The normalized spacial score (nSPS) is 25.6. The molecule has 1 saturated carbocycles. The lowest BCUT2D eigenvalue weighted by atomic mass is 9.69. The van der Waals surface area contributed by atoms with Crippen molar-refractivity contribution in [2.45, 2.75) is 84.6 Å². The van der Waals surface area contributed by atoms with Gasteiger partial charge in [-0.1, -0.05) is 27.2 Å². The van der Waals surface area contributed by atoms with Crippen molar-refractivity contribution in [1.82, 2.24) is 4.98 Å². The lowest BCUT2D eigenvalue weighted by molar-refractivity contribution is 0.147. The minimum absolute atomic E-state index is 0.515. The first kappa shape index (κ1) is 15.8. The molecule has 2 aliphatic rings. The van der Waals surface area contributed by atoms with Crippen molar-refractivity contribution in [3.8, 4) is 0 Å². The molecule has 1 fully saturated rings. The van der Waals surface area contributed by atoms with Crippen LogP contribution in [0, 0.1) is 11.3 Å². The fourth-order valence-corrected chi connectivity index (χ4v) is 4.29. The molecule has 0 radical (unpaired) electrons. The van der Waals surface area contributed by atoms with Crippen molar-refractivity contribution in [3.05, 3.63) is 23.5 Å². The van der Waals surface area contributed by atoms with E-state index in [9.17, 15) is 0 Å². The molecule has 0 amide bonds. The lowest BCUT2D eigenvalue weighted by Crippen LogP contribution is -2.33. The van der Waals surface area contributed by atoms with Crippen molar-refractivity contribution >= 4 is 5.69 Å². The quantitative estimate of drug-likeness (QED) is 0.809. The number of fused-ring (bicyclic) bond motifs is 1. The van der Waals surface area contributed by atoms with Crippen LogP contribution in [-0.4, -0.2) is 11.0 Å². The van der Waals surface area contributed by atoms with Gasteiger partial charge in [-0.25, -0.2) is 0 Å². The molecule has 1 heterocycles. The van der Waals surface area contributed by atoms with E-state index in [-0.39, 0.29) is 0 Å². The molecule has 122 valence electrons. The van der Waals surface area contributed by atoms with Crippen LogP contribution in [0.3, 0.4) is 0 Å². The van der Waals surface area contributed by atoms with Gasteiger partial charge in [0.1, 0.15) is 0 Å². The number of hydrogen-bond donors (Lipinski definition) is 1. The van der Waals surface area contributed by atoms with Gasteiger partial charge in [-0.15, -0.1) is 0 Å². The maximum Gasteiger partial charge on any atom is 0.0456 e. The Morgan fingerprint density at radius 3 is 2.59 bits per heavy atom. The van der Waals surface area contributed by atoms with Crippen LogP contribution in [0.15, 0.2) is 12.3 Å². The zero-order valence-corrected chi connectivity index (χ0v) is 14.6. The molecule has 0 aliphatic heterocycles. The van der Waals surface area contributed by atoms with E-state index in [4.69, 9.17) is 0 Å². The summed E-state index contributed by atoms with van der Waals surface area (Å²) in [6.07, 6.45) is 13.7. The van der Waals surface area contributed by atoms with Crippen molar-refractivity contribution in [2.75, 3.05) is 5.32 Å². The summed E-state index contributed by atoms with van der Waals surface area (Å²) in [6, 6.07) is 2.86. The van der Waals surface area contributed by atoms with Gasteiger partial charge in [0, 0.05) is 23.6 Å². The van der Waals surface area contributed by atoms with Crippen molar-refractivity contribution in [1.29, 1.82) is 0 Å². The number of nitrogens with zero attached hydrogens (tertiary/aromatic N) is 1. The highest BCUT2D eigenvalue weighted by Gasteiger charge is 2.32. The van der Waals surface area contributed by atoms with Gasteiger partial charge in [-0.3, -0.25) is 4.98 Å². The average molecular weight is 300 g/mol. The summed E-state index contributed by atoms with van der Waals surface area (Å²) in [7, 11) is 0. The highest BCUT2D eigenvalue weighted by atomic mass is 14.9. The second-order valence-electron chi connectivity index (χ2n) is 8.03. The first-order chi connectivity index (χ1) is 10.6. The molecule has 22 heavy (non-hydrogen) atoms. The van der Waals surface area contributed by atoms with Gasteiger partial charge in [0.2, 0.25) is 0 Å². The SMILES string of the molecule is CCC(C)(C)C1CCC(Nc2ccnc3c2CCCC3)CC1. The van der Waals surface area contributed by atoms with E-state index >= 15 is 0 Å². The zero-order chi connectivity index (χ0) is 15.6. The first-order valence-electron chi connectivity index (χ1n) is 9.33. The van der Waals surface area contributed by atoms with Crippen molar-refractivity contribution in [3.63, 3.8) is 0 Å². The van der Waals surface area contributed by atoms with Crippen LogP contribution in [0.5, 0.6) is 0 Å². The van der Waals surface area contributed by atoms with Crippen LogP contribution < -0.4 is 5.32 Å². The molecule has 2 aliphatic carbocycles. The number of pyridine rings is 1. The first-order valence-corrected chi connectivity index (χ1v) is 9.33. The molecule has 0 unspecified atom stereocenters. The largest absolute Gasteiger partial charge is 0.382 e. The van der Waals surface area contributed by atoms with Gasteiger partial charge in [0.25, 0.3) is 0 Å². The van der Waals surface area contributed by atoms with Crippen LogP contribution in [-0.2, 0) is 12.8 Å². The predicted molar refractivity (Wildman–Crippen MR) is 94.3 cm³/mol. The summed E-state index contributed by atoms with van der Waals surface area (Å²) in [5.74, 6) is 0.905. The number of hydrogen-bond acceptors (Lipinski definition) is 2. The number of aromatic nitrogens is 1. The van der Waals surface area contributed by atoms with E-state index < -0.39 is 0 Å². The van der Waals surface area contributed by atoms with Crippen LogP contribution in [0.1, 0.15) is 77.0 Å². The van der Waals surface area contributed by atoms with Crippen LogP contribution >= 0.6 is 0 Å². The highest BCUT2D eigenvalue weighted by molar-refractivity contribution is 5.54. The van der Waals surface area contributed by atoms with Crippen LogP contribution in [0.25, 0.3) is 0 Å². The minimum Gasteiger partial charge on any atom is -0.382 e. The minimum atomic E-state index is 0.515. The summed E-state index contributed by atoms with van der Waals surface area (Å²) in [5.41, 5.74) is 4.74.